The van der Waals surface area contributed by atoms with E-state index >= 15 is 0 Å². The van der Waals surface area contributed by atoms with Crippen molar-refractivity contribution in [3.05, 3.63) is 18.9 Å². The molecule has 0 spiro atoms. The minimum Gasteiger partial charge on any atom is -0.137 e. The zero-order valence-corrected chi connectivity index (χ0v) is 7.20. The maximum atomic E-state index is 8.70. The van der Waals surface area contributed by atoms with E-state index in [2.05, 4.69) is 18.9 Å². The van der Waals surface area contributed by atoms with Crippen molar-refractivity contribution >= 4 is 16.5 Å². The highest BCUT2D eigenvalue weighted by Crippen LogP contribution is 1.98. The van der Waals surface area contributed by atoms with Crippen LogP contribution < -0.4 is 0 Å². The van der Waals surface area contributed by atoms with Gasteiger partial charge in [0.15, 0.2) is 0 Å². The van der Waals surface area contributed by atoms with E-state index in [4.69, 9.17) is 28.7 Å². The molecule has 0 saturated heterocycles. The molecule has 6 nitrogen and oxygen atoms in total. The first kappa shape index (κ1) is 16.9. The fourth-order valence-corrected chi connectivity index (χ4v) is 0. The standard InChI is InChI=1S/C3H4.2HO3P/c1-3-2;2*1-4(2)3/h1-2H2;2*(H-,1,2,3)/p+2. The van der Waals surface area contributed by atoms with Gasteiger partial charge in [-0.05, 0) is 0 Å². The maximum Gasteiger partial charge on any atom is 0.692 e. The molecule has 0 aromatic rings. The van der Waals surface area contributed by atoms with Gasteiger partial charge in [0.2, 0.25) is 0 Å². The van der Waals surface area contributed by atoms with Crippen LogP contribution in [0.5, 0.6) is 0 Å². The third-order valence-corrected chi connectivity index (χ3v) is 0. The van der Waals surface area contributed by atoms with Gasteiger partial charge in [-0.15, -0.1) is 25.3 Å². The van der Waals surface area contributed by atoms with Crippen molar-refractivity contribution in [3.8, 4) is 0 Å². The summed E-state index contributed by atoms with van der Waals surface area (Å²) in [4.78, 5) is 28.5. The van der Waals surface area contributed by atoms with E-state index in [0.717, 1.165) is 0 Å². The minimum absolute atomic E-state index is 2.25. The molecule has 0 heterocycles. The summed E-state index contributed by atoms with van der Waals surface area (Å²) < 4.78 is 17.4. The van der Waals surface area contributed by atoms with Crippen LogP contribution in [0.4, 0.5) is 0 Å². The van der Waals surface area contributed by atoms with E-state index in [0.29, 0.717) is 0 Å². The monoisotopic (exact) mass is 202 g/mol. The topological polar surface area (TPSA) is 115 Å². The highest BCUT2D eigenvalue weighted by Gasteiger charge is 1.93. The molecular formula is C3H8O6P2+2. The summed E-state index contributed by atoms with van der Waals surface area (Å²) in [5, 5.41) is 0. The third-order valence-electron chi connectivity index (χ3n) is 0. The predicted octanol–water partition coefficient (Wildman–Crippen LogP) is 0.214. The molecule has 0 unspecified atom stereocenters. The summed E-state index contributed by atoms with van der Waals surface area (Å²) in [5.74, 6) is 0. The van der Waals surface area contributed by atoms with E-state index < -0.39 is 16.5 Å². The van der Waals surface area contributed by atoms with Crippen LogP contribution in [0.1, 0.15) is 0 Å². The van der Waals surface area contributed by atoms with Crippen LogP contribution in [0.3, 0.4) is 0 Å². The van der Waals surface area contributed by atoms with Crippen molar-refractivity contribution in [2.45, 2.75) is 0 Å². The predicted molar refractivity (Wildman–Crippen MR) is 38.9 cm³/mol. The first-order valence-electron chi connectivity index (χ1n) is 1.87. The zero-order valence-electron chi connectivity index (χ0n) is 5.41. The van der Waals surface area contributed by atoms with Crippen LogP contribution in [-0.4, -0.2) is 19.6 Å². The molecule has 0 fully saturated rings. The summed E-state index contributed by atoms with van der Waals surface area (Å²) in [6.07, 6.45) is 0. The van der Waals surface area contributed by atoms with Crippen molar-refractivity contribution in [1.82, 2.24) is 0 Å². The Morgan fingerprint density at radius 1 is 0.909 bits per heavy atom. The zero-order chi connectivity index (χ0) is 9.86. The summed E-state index contributed by atoms with van der Waals surface area (Å²) >= 11 is 0. The third kappa shape index (κ3) is 2820. The van der Waals surface area contributed by atoms with Crippen molar-refractivity contribution in [3.63, 3.8) is 0 Å². The van der Waals surface area contributed by atoms with Crippen LogP contribution in [0.25, 0.3) is 0 Å². The van der Waals surface area contributed by atoms with Gasteiger partial charge >= 0.3 is 16.5 Å². The average Bonchev–Trinajstić information content (AvgIpc) is 1.60. The first-order chi connectivity index (χ1) is 4.88. The summed E-state index contributed by atoms with van der Waals surface area (Å²) in [5.41, 5.74) is 2.25. The molecule has 0 amide bonds. The molecule has 0 aliphatic rings. The van der Waals surface area contributed by atoms with Gasteiger partial charge in [-0.25, -0.2) is 0 Å². The Morgan fingerprint density at radius 3 is 0.909 bits per heavy atom. The van der Waals surface area contributed by atoms with Gasteiger partial charge in [-0.1, -0.05) is 13.2 Å². The molecule has 0 aliphatic heterocycles. The SMILES string of the molecule is C=C=C.O=[P+](O)O.O=[P+](O)O. The van der Waals surface area contributed by atoms with Gasteiger partial charge in [0, 0.05) is 9.13 Å². The van der Waals surface area contributed by atoms with Gasteiger partial charge in [-0.2, -0.15) is 0 Å². The van der Waals surface area contributed by atoms with Crippen molar-refractivity contribution in [1.29, 1.82) is 0 Å². The lowest BCUT2D eigenvalue weighted by molar-refractivity contribution is 0.403. The Hall–Kier alpha value is -0.440. The fourth-order valence-electron chi connectivity index (χ4n) is 0. The molecule has 11 heavy (non-hydrogen) atoms. The molecule has 0 aromatic carbocycles. The Morgan fingerprint density at radius 2 is 0.909 bits per heavy atom. The second kappa shape index (κ2) is 16.3. The van der Waals surface area contributed by atoms with E-state index in [1.54, 1.807) is 0 Å². The van der Waals surface area contributed by atoms with Crippen molar-refractivity contribution < 1.29 is 28.7 Å². The smallest absolute Gasteiger partial charge is 0.137 e. The van der Waals surface area contributed by atoms with Gasteiger partial charge in [0.05, 0.1) is 0 Å². The Labute approximate surface area is 65.0 Å². The van der Waals surface area contributed by atoms with E-state index in [9.17, 15) is 0 Å². The van der Waals surface area contributed by atoms with Crippen LogP contribution >= 0.6 is 16.5 Å². The number of hydrogen-bond donors (Lipinski definition) is 4. The summed E-state index contributed by atoms with van der Waals surface area (Å²) in [6.45, 7) is 6.25. The lowest BCUT2D eigenvalue weighted by Crippen LogP contribution is -1.38. The van der Waals surface area contributed by atoms with Gasteiger partial charge < -0.3 is 0 Å². The van der Waals surface area contributed by atoms with E-state index in [1.807, 2.05) is 0 Å². The maximum absolute atomic E-state index is 8.70. The van der Waals surface area contributed by atoms with Crippen LogP contribution in [-0.2, 0) is 9.13 Å². The van der Waals surface area contributed by atoms with Crippen molar-refractivity contribution in [2.24, 2.45) is 0 Å². The lowest BCUT2D eigenvalue weighted by atomic mass is 11.0. The number of rotatable bonds is 0. The van der Waals surface area contributed by atoms with Crippen LogP contribution in [0.2, 0.25) is 0 Å². The average molecular weight is 202 g/mol. The molecule has 8 heteroatoms. The van der Waals surface area contributed by atoms with Gasteiger partial charge in [0.1, 0.15) is 0 Å². The normalized spacial score (nSPS) is 5.45. The lowest BCUT2D eigenvalue weighted by Gasteiger charge is -1.34. The molecule has 0 bridgehead atoms. The van der Waals surface area contributed by atoms with Gasteiger partial charge in [-0.3, -0.25) is 0 Å². The second-order valence-corrected chi connectivity index (χ2v) is 1.77. The van der Waals surface area contributed by atoms with E-state index in [1.165, 1.54) is 0 Å². The molecular weight excluding hydrogens is 194 g/mol. The molecule has 0 saturated carbocycles. The minimum atomic E-state index is -2.87. The van der Waals surface area contributed by atoms with Crippen molar-refractivity contribution in [2.75, 3.05) is 0 Å². The molecule has 0 aromatic heterocycles. The first-order valence-corrected chi connectivity index (χ1v) is 4.20. The fraction of sp³-hybridized carbons (Fsp3) is 0. The number of hydrogen-bond acceptors (Lipinski definition) is 2. The highest BCUT2D eigenvalue weighted by atomic mass is 31.1. The molecule has 0 atom stereocenters. The van der Waals surface area contributed by atoms with Gasteiger partial charge in [0.25, 0.3) is 0 Å². The highest BCUT2D eigenvalue weighted by molar-refractivity contribution is 7.31. The Kier molecular flexibility index (Phi) is 25.0. The molecule has 0 radical (unpaired) electrons. The summed E-state index contributed by atoms with van der Waals surface area (Å²) in [7, 11) is -5.74. The van der Waals surface area contributed by atoms with E-state index in [-0.39, 0.29) is 0 Å². The van der Waals surface area contributed by atoms with Crippen LogP contribution in [0, 0.1) is 0 Å². The van der Waals surface area contributed by atoms with Crippen LogP contribution in [0.15, 0.2) is 18.9 Å². The quantitative estimate of drug-likeness (QED) is 0.329. The second-order valence-electron chi connectivity index (χ2n) is 0.755. The Bertz CT molecular complexity index is 128. The molecule has 64 valence electrons. The Balaban J connectivity index is -0.0000000886. The molecule has 0 rings (SSSR count). The summed E-state index contributed by atoms with van der Waals surface area (Å²) in [6, 6.07) is 0. The molecule has 0 aliphatic carbocycles. The largest absolute Gasteiger partial charge is 0.692 e. The molecule has 4 N–H and O–H groups in total.